The molecule has 0 aliphatic heterocycles. The zero-order valence-electron chi connectivity index (χ0n) is 13.6. The van der Waals surface area contributed by atoms with Crippen LogP contribution in [0.2, 0.25) is 0 Å². The summed E-state index contributed by atoms with van der Waals surface area (Å²) < 4.78 is 33.9. The first kappa shape index (κ1) is 18.0. The number of ether oxygens (including phenoxy) is 1. The molecular weight excluding hydrogens is 378 g/mol. The highest BCUT2D eigenvalue weighted by Crippen LogP contribution is 2.22. The van der Waals surface area contributed by atoms with Gasteiger partial charge in [-0.05, 0) is 29.6 Å². The van der Waals surface area contributed by atoms with Crippen LogP contribution in [0.4, 0.5) is 0 Å². The van der Waals surface area contributed by atoms with E-state index in [9.17, 15) is 13.2 Å². The zero-order chi connectivity index (χ0) is 18.7. The molecular formula is C15H15N5O4S2. The van der Waals surface area contributed by atoms with Crippen molar-refractivity contribution in [2.45, 2.75) is 11.4 Å². The Hall–Kier alpha value is -2.76. The predicted molar refractivity (Wildman–Crippen MR) is 94.8 cm³/mol. The van der Waals surface area contributed by atoms with Gasteiger partial charge in [-0.1, -0.05) is 5.21 Å². The topological polar surface area (TPSA) is 129 Å². The summed E-state index contributed by atoms with van der Waals surface area (Å²) in [6, 6.07) is 5.75. The molecule has 2 aromatic heterocycles. The normalized spacial score (nSPS) is 11.4. The quantitative estimate of drug-likeness (QED) is 0.614. The third kappa shape index (κ3) is 3.74. The molecule has 0 aliphatic rings. The number of methoxy groups -OCH3 is 1. The maximum Gasteiger partial charge on any atom is 0.252 e. The number of hydrogen-bond acceptors (Lipinski definition) is 7. The lowest BCUT2D eigenvalue weighted by Crippen LogP contribution is -2.24. The molecule has 0 unspecified atom stereocenters. The lowest BCUT2D eigenvalue weighted by molar-refractivity contribution is 0.0997. The Labute approximate surface area is 153 Å². The second-order valence-corrected chi connectivity index (χ2v) is 7.73. The van der Waals surface area contributed by atoms with Crippen LogP contribution >= 0.6 is 11.3 Å². The van der Waals surface area contributed by atoms with Gasteiger partial charge in [0.1, 0.15) is 5.75 Å². The number of primary amides is 1. The molecule has 0 aliphatic carbocycles. The van der Waals surface area contributed by atoms with Gasteiger partial charge in [-0.3, -0.25) is 4.79 Å². The van der Waals surface area contributed by atoms with Crippen molar-refractivity contribution in [2.75, 3.05) is 7.11 Å². The number of nitrogens with zero attached hydrogens (tertiary/aromatic N) is 3. The molecule has 3 aromatic rings. The molecule has 0 saturated heterocycles. The fourth-order valence-electron chi connectivity index (χ4n) is 2.19. The van der Waals surface area contributed by atoms with Crippen molar-refractivity contribution in [2.24, 2.45) is 5.73 Å². The number of rotatable bonds is 7. The monoisotopic (exact) mass is 393 g/mol. The van der Waals surface area contributed by atoms with E-state index in [1.165, 1.54) is 36.6 Å². The second kappa shape index (κ2) is 7.23. The van der Waals surface area contributed by atoms with E-state index >= 15 is 0 Å². The molecule has 0 saturated carbocycles. The molecule has 11 heteroatoms. The Morgan fingerprint density at radius 3 is 2.85 bits per heavy atom. The lowest BCUT2D eigenvalue weighted by Gasteiger charge is -2.09. The van der Waals surface area contributed by atoms with Crippen molar-refractivity contribution in [1.82, 2.24) is 19.7 Å². The molecule has 0 spiro atoms. The molecule has 9 nitrogen and oxygen atoms in total. The maximum absolute atomic E-state index is 12.5. The van der Waals surface area contributed by atoms with Crippen LogP contribution in [0.5, 0.6) is 5.75 Å². The molecule has 1 aromatic carbocycles. The van der Waals surface area contributed by atoms with Gasteiger partial charge in [0.05, 0.1) is 41.7 Å². The summed E-state index contributed by atoms with van der Waals surface area (Å²) in [6.45, 7) is -0.0512. The van der Waals surface area contributed by atoms with Crippen LogP contribution in [-0.2, 0) is 16.6 Å². The summed E-state index contributed by atoms with van der Waals surface area (Å²) in [7, 11) is -2.51. The number of aromatic nitrogens is 3. The smallest absolute Gasteiger partial charge is 0.252 e. The van der Waals surface area contributed by atoms with Gasteiger partial charge in [0.25, 0.3) is 5.91 Å². The molecule has 2 heterocycles. The fraction of sp³-hybridized carbons (Fsp3) is 0.133. The minimum atomic E-state index is -3.87. The van der Waals surface area contributed by atoms with Crippen LogP contribution in [-0.4, -0.2) is 36.4 Å². The van der Waals surface area contributed by atoms with Gasteiger partial charge >= 0.3 is 0 Å². The summed E-state index contributed by atoms with van der Waals surface area (Å²) in [5.41, 5.74) is 6.54. The van der Waals surface area contributed by atoms with E-state index in [0.717, 1.165) is 5.69 Å². The highest BCUT2D eigenvalue weighted by atomic mass is 32.2. The van der Waals surface area contributed by atoms with E-state index in [0.29, 0.717) is 5.69 Å². The van der Waals surface area contributed by atoms with E-state index in [-0.39, 0.29) is 22.8 Å². The molecule has 1 amide bonds. The third-order valence-corrected chi connectivity index (χ3v) is 5.57. The Bertz CT molecular complexity index is 1030. The Morgan fingerprint density at radius 1 is 1.38 bits per heavy atom. The van der Waals surface area contributed by atoms with Gasteiger partial charge in [-0.2, -0.15) is 11.3 Å². The van der Waals surface area contributed by atoms with Crippen molar-refractivity contribution in [1.29, 1.82) is 0 Å². The first-order valence-corrected chi connectivity index (χ1v) is 9.74. The van der Waals surface area contributed by atoms with Crippen LogP contribution in [0.15, 0.2) is 46.1 Å². The summed E-state index contributed by atoms with van der Waals surface area (Å²) in [6.07, 6.45) is 1.63. The number of carbonyl (C=O) groups is 1. The summed E-state index contributed by atoms with van der Waals surface area (Å²) >= 11 is 1.52. The number of sulfonamides is 1. The molecule has 26 heavy (non-hydrogen) atoms. The number of hydrogen-bond donors (Lipinski definition) is 2. The average Bonchev–Trinajstić information content (AvgIpc) is 3.30. The largest absolute Gasteiger partial charge is 0.496 e. The molecule has 0 bridgehead atoms. The highest BCUT2D eigenvalue weighted by Gasteiger charge is 2.19. The maximum atomic E-state index is 12.5. The molecule has 0 radical (unpaired) electrons. The number of carbonyl (C=O) groups excluding carboxylic acids is 1. The Balaban J connectivity index is 1.77. The first-order chi connectivity index (χ1) is 12.4. The standard InChI is InChI=1S/C15H15N5O4S2/c1-24-14-3-2-12(6-13(14)15(16)21)26(22,23)17-7-10-8-20(19-18-10)11-4-5-25-9-11/h2-6,8-9,17H,7H2,1H3,(H2,16,21). The minimum absolute atomic E-state index is 0.0150. The van der Waals surface area contributed by atoms with Crippen molar-refractivity contribution in [3.05, 3.63) is 52.5 Å². The van der Waals surface area contributed by atoms with Crippen molar-refractivity contribution < 1.29 is 17.9 Å². The highest BCUT2D eigenvalue weighted by molar-refractivity contribution is 7.89. The summed E-state index contributed by atoms with van der Waals surface area (Å²) in [5, 5.41) is 11.7. The first-order valence-electron chi connectivity index (χ1n) is 7.32. The number of nitrogens with one attached hydrogen (secondary N) is 1. The zero-order valence-corrected chi connectivity index (χ0v) is 15.3. The van der Waals surface area contributed by atoms with Gasteiger partial charge in [0.2, 0.25) is 10.0 Å². The predicted octanol–water partition coefficient (Wildman–Crippen LogP) is 0.915. The molecule has 0 atom stereocenters. The fourth-order valence-corrected chi connectivity index (χ4v) is 3.84. The van der Waals surface area contributed by atoms with Crippen molar-refractivity contribution in [3.8, 4) is 11.4 Å². The average molecular weight is 393 g/mol. The molecule has 3 rings (SSSR count). The van der Waals surface area contributed by atoms with Crippen LogP contribution in [0, 0.1) is 0 Å². The number of amides is 1. The van der Waals surface area contributed by atoms with Crippen molar-refractivity contribution in [3.63, 3.8) is 0 Å². The number of thiophene rings is 1. The van der Waals surface area contributed by atoms with Crippen LogP contribution in [0.3, 0.4) is 0 Å². The van der Waals surface area contributed by atoms with Crippen molar-refractivity contribution >= 4 is 27.3 Å². The van der Waals surface area contributed by atoms with Crippen LogP contribution < -0.4 is 15.2 Å². The Kier molecular flexibility index (Phi) is 5.02. The van der Waals surface area contributed by atoms with E-state index in [4.69, 9.17) is 10.5 Å². The van der Waals surface area contributed by atoms with Crippen LogP contribution in [0.1, 0.15) is 16.1 Å². The third-order valence-electron chi connectivity index (χ3n) is 3.50. The second-order valence-electron chi connectivity index (χ2n) is 5.19. The van der Waals surface area contributed by atoms with Crippen LogP contribution in [0.25, 0.3) is 5.69 Å². The Morgan fingerprint density at radius 2 is 2.19 bits per heavy atom. The van der Waals surface area contributed by atoms with Gasteiger partial charge in [-0.15, -0.1) is 5.10 Å². The number of nitrogens with two attached hydrogens (primary N) is 1. The van der Waals surface area contributed by atoms with Gasteiger partial charge in [0.15, 0.2) is 0 Å². The van der Waals surface area contributed by atoms with E-state index in [1.54, 1.807) is 10.9 Å². The van der Waals surface area contributed by atoms with E-state index in [1.807, 2.05) is 16.8 Å². The minimum Gasteiger partial charge on any atom is -0.496 e. The molecule has 136 valence electrons. The van der Waals surface area contributed by atoms with E-state index in [2.05, 4.69) is 15.0 Å². The van der Waals surface area contributed by atoms with Gasteiger partial charge in [-0.25, -0.2) is 17.8 Å². The summed E-state index contributed by atoms with van der Waals surface area (Å²) in [5.74, 6) is -0.576. The van der Waals surface area contributed by atoms with Gasteiger partial charge in [0, 0.05) is 5.38 Å². The molecule has 0 fully saturated rings. The number of benzene rings is 1. The molecule has 3 N–H and O–H groups in total. The summed E-state index contributed by atoms with van der Waals surface area (Å²) in [4.78, 5) is 11.4. The van der Waals surface area contributed by atoms with Gasteiger partial charge < -0.3 is 10.5 Å². The lowest BCUT2D eigenvalue weighted by atomic mass is 10.2. The SMILES string of the molecule is COc1ccc(S(=O)(=O)NCc2cn(-c3ccsc3)nn2)cc1C(N)=O. The van der Waals surface area contributed by atoms with E-state index < -0.39 is 15.9 Å².